The van der Waals surface area contributed by atoms with E-state index in [9.17, 15) is 15.0 Å². The molecule has 0 aromatic carbocycles. The van der Waals surface area contributed by atoms with E-state index in [0.717, 1.165) is 38.6 Å². The monoisotopic (exact) mass is 554 g/mol. The third-order valence-corrected chi connectivity index (χ3v) is 6.36. The zero-order chi connectivity index (χ0) is 24.7. The number of hydrogen-bond acceptors (Lipinski definition) is 3. The second-order valence-electron chi connectivity index (χ2n) is 9.52. The van der Waals surface area contributed by atoms with Crippen molar-refractivity contribution in [2.45, 2.75) is 128 Å². The van der Waals surface area contributed by atoms with Gasteiger partial charge in [-0.1, -0.05) is 89.4 Å². The van der Waals surface area contributed by atoms with Gasteiger partial charge in [0.15, 0.2) is 12.4 Å². The van der Waals surface area contributed by atoms with E-state index < -0.39 is 12.1 Å². The number of carbonyl (C=O) groups excluding carboxylic acids is 1. The molecule has 0 aliphatic heterocycles. The lowest BCUT2D eigenvalue weighted by atomic mass is 10.0. The van der Waals surface area contributed by atoms with Crippen LogP contribution in [0.15, 0.2) is 42.7 Å². The Hall–Kier alpha value is -1.24. The summed E-state index contributed by atoms with van der Waals surface area (Å²) in [5.74, 6) is -0.107. The van der Waals surface area contributed by atoms with Crippen LogP contribution in [0, 0.1) is 0 Å². The molecule has 35 heavy (non-hydrogen) atoms. The molecule has 202 valence electrons. The van der Waals surface area contributed by atoms with Crippen molar-refractivity contribution in [3.8, 4) is 0 Å². The van der Waals surface area contributed by atoms with Gasteiger partial charge in [0.2, 0.25) is 5.91 Å². The van der Waals surface area contributed by atoms with E-state index in [4.69, 9.17) is 0 Å². The molecule has 0 spiro atoms. The molecule has 0 saturated heterocycles. The number of aromatic nitrogens is 1. The van der Waals surface area contributed by atoms with Crippen molar-refractivity contribution in [3.63, 3.8) is 0 Å². The highest BCUT2D eigenvalue weighted by atomic mass is 79.9. The number of aliphatic hydroxyl groups excluding tert-OH is 2. The van der Waals surface area contributed by atoms with Crippen LogP contribution in [0.2, 0.25) is 0 Å². The zero-order valence-electron chi connectivity index (χ0n) is 22.1. The third-order valence-electron chi connectivity index (χ3n) is 6.36. The molecule has 2 atom stereocenters. The van der Waals surface area contributed by atoms with E-state index in [2.05, 4.69) is 16.8 Å². The van der Waals surface area contributed by atoms with Gasteiger partial charge in [-0.15, -0.1) is 0 Å². The maximum Gasteiger partial charge on any atom is 0.220 e. The molecule has 0 radical (unpaired) electrons. The van der Waals surface area contributed by atoms with Crippen molar-refractivity contribution in [2.75, 3.05) is 6.61 Å². The lowest BCUT2D eigenvalue weighted by molar-refractivity contribution is -0.697. The van der Waals surface area contributed by atoms with Crippen LogP contribution in [0.1, 0.15) is 110 Å². The van der Waals surface area contributed by atoms with Gasteiger partial charge in [0.1, 0.15) is 6.54 Å². The second-order valence-corrected chi connectivity index (χ2v) is 9.52. The number of nitrogens with one attached hydrogen (secondary N) is 1. The molecule has 1 amide bonds. The van der Waals surface area contributed by atoms with Crippen LogP contribution in [0.4, 0.5) is 0 Å². The fourth-order valence-corrected chi connectivity index (χ4v) is 4.15. The Morgan fingerprint density at radius 2 is 1.43 bits per heavy atom. The molecule has 0 saturated carbocycles. The summed E-state index contributed by atoms with van der Waals surface area (Å²) >= 11 is 0. The van der Waals surface area contributed by atoms with E-state index in [1.54, 1.807) is 6.08 Å². The summed E-state index contributed by atoms with van der Waals surface area (Å²) in [5, 5.41) is 22.7. The van der Waals surface area contributed by atoms with Crippen LogP contribution >= 0.6 is 0 Å². The number of carbonyl (C=O) groups is 1. The summed E-state index contributed by atoms with van der Waals surface area (Å²) in [4.78, 5) is 12.2. The van der Waals surface area contributed by atoms with Crippen molar-refractivity contribution in [3.05, 3.63) is 42.7 Å². The number of nitrogens with zero attached hydrogens (tertiary/aromatic N) is 1. The standard InChI is InChI=1S/C29H50N2O3.BrH/c1-2-3-4-5-6-7-8-9-10-11-12-13-16-21-28(33)27(26-32)30-29(34)22-17-14-18-23-31-24-19-15-20-25-31;/h15-16,19-21,24-25,27-28,32-33H,2-14,17-18,22-23,26H2,1H3;1H/b21-16+;/t27-,28-;/m0./s1. The predicted octanol–water partition coefficient (Wildman–Crippen LogP) is 2.63. The number of pyridine rings is 1. The Labute approximate surface area is 225 Å². The van der Waals surface area contributed by atoms with E-state index in [1.165, 1.54) is 64.2 Å². The van der Waals surface area contributed by atoms with E-state index in [-0.39, 0.29) is 29.5 Å². The first-order valence-electron chi connectivity index (χ1n) is 13.9. The molecule has 6 heteroatoms. The number of halogens is 1. The molecule has 0 fully saturated rings. The molecule has 0 unspecified atom stereocenters. The highest BCUT2D eigenvalue weighted by molar-refractivity contribution is 5.76. The second kappa shape index (κ2) is 24.5. The van der Waals surface area contributed by atoms with Crippen molar-refractivity contribution < 1.29 is 36.6 Å². The van der Waals surface area contributed by atoms with Crippen molar-refractivity contribution in [1.29, 1.82) is 0 Å². The van der Waals surface area contributed by atoms with Gasteiger partial charge in [-0.2, -0.15) is 0 Å². The SMILES string of the molecule is CCCCCCCCCCCCC/C=C/[C@H](O)[C@H](CO)NC(=O)CCCCC[n+]1ccccc1.[Br-]. The molecular weight excluding hydrogens is 504 g/mol. The van der Waals surface area contributed by atoms with E-state index in [1.807, 2.05) is 36.7 Å². The lowest BCUT2D eigenvalue weighted by Gasteiger charge is -2.19. The third kappa shape index (κ3) is 19.6. The van der Waals surface area contributed by atoms with Crippen LogP contribution in [0.3, 0.4) is 0 Å². The fourth-order valence-electron chi connectivity index (χ4n) is 4.15. The first-order valence-corrected chi connectivity index (χ1v) is 13.9. The van der Waals surface area contributed by atoms with Gasteiger partial charge < -0.3 is 32.5 Å². The number of hydrogen-bond donors (Lipinski definition) is 3. The van der Waals surface area contributed by atoms with Gasteiger partial charge >= 0.3 is 0 Å². The van der Waals surface area contributed by atoms with Crippen LogP contribution in [0.5, 0.6) is 0 Å². The Morgan fingerprint density at radius 3 is 2.03 bits per heavy atom. The minimum atomic E-state index is -0.851. The quantitative estimate of drug-likeness (QED) is 0.117. The first kappa shape index (κ1) is 33.8. The zero-order valence-corrected chi connectivity index (χ0v) is 23.6. The molecule has 0 aliphatic carbocycles. The molecule has 0 bridgehead atoms. The van der Waals surface area contributed by atoms with Gasteiger partial charge in [-0.25, -0.2) is 4.57 Å². The van der Waals surface area contributed by atoms with E-state index >= 15 is 0 Å². The van der Waals surface area contributed by atoms with Crippen molar-refractivity contribution in [2.24, 2.45) is 0 Å². The maximum absolute atomic E-state index is 12.2. The van der Waals surface area contributed by atoms with Gasteiger partial charge in [-0.05, 0) is 25.7 Å². The topological polar surface area (TPSA) is 73.4 Å². The summed E-state index contributed by atoms with van der Waals surface area (Å²) < 4.78 is 2.14. The summed E-state index contributed by atoms with van der Waals surface area (Å²) in [6, 6.07) is 5.39. The van der Waals surface area contributed by atoms with Gasteiger partial charge in [-0.3, -0.25) is 4.79 Å². The summed E-state index contributed by atoms with van der Waals surface area (Å²) in [6.07, 6.45) is 25.6. The Morgan fingerprint density at radius 1 is 0.857 bits per heavy atom. The highest BCUT2D eigenvalue weighted by Gasteiger charge is 2.18. The Kier molecular flexibility index (Phi) is 23.6. The van der Waals surface area contributed by atoms with Gasteiger partial charge in [0.25, 0.3) is 0 Å². The van der Waals surface area contributed by atoms with Crippen LogP contribution in [-0.2, 0) is 11.3 Å². The molecule has 5 nitrogen and oxygen atoms in total. The molecule has 1 aromatic rings. The average Bonchev–Trinajstić information content (AvgIpc) is 2.85. The predicted molar refractivity (Wildman–Crippen MR) is 140 cm³/mol. The van der Waals surface area contributed by atoms with Gasteiger partial charge in [0.05, 0.1) is 18.8 Å². The number of rotatable bonds is 22. The Balaban J connectivity index is 0.0000116. The van der Waals surface area contributed by atoms with Crippen LogP contribution in [-0.4, -0.2) is 34.9 Å². The van der Waals surface area contributed by atoms with Crippen LogP contribution in [0.25, 0.3) is 0 Å². The minimum Gasteiger partial charge on any atom is -1.00 e. The average molecular weight is 556 g/mol. The molecule has 0 aliphatic rings. The normalized spacial score (nSPS) is 12.9. The summed E-state index contributed by atoms with van der Waals surface area (Å²) in [5.41, 5.74) is 0. The minimum absolute atomic E-state index is 0. The Bertz CT molecular complexity index is 628. The van der Waals surface area contributed by atoms with Crippen LogP contribution < -0.4 is 26.9 Å². The number of amides is 1. The summed E-state index contributed by atoms with van der Waals surface area (Å²) in [7, 11) is 0. The first-order chi connectivity index (χ1) is 16.7. The van der Waals surface area contributed by atoms with Crippen molar-refractivity contribution >= 4 is 5.91 Å². The number of aryl methyl sites for hydroxylation is 1. The fraction of sp³-hybridized carbons (Fsp3) is 0.724. The number of unbranched alkanes of at least 4 members (excludes halogenated alkanes) is 13. The molecular formula is C29H51BrN2O3. The van der Waals surface area contributed by atoms with Gasteiger partial charge in [0, 0.05) is 25.0 Å². The summed E-state index contributed by atoms with van der Waals surface area (Å²) in [6.45, 7) is 2.94. The number of allylic oxidation sites excluding steroid dienone is 1. The van der Waals surface area contributed by atoms with Crippen molar-refractivity contribution in [1.82, 2.24) is 5.32 Å². The lowest BCUT2D eigenvalue weighted by Crippen LogP contribution is -3.00. The highest BCUT2D eigenvalue weighted by Crippen LogP contribution is 2.12. The molecule has 1 aromatic heterocycles. The smallest absolute Gasteiger partial charge is 0.220 e. The molecule has 3 N–H and O–H groups in total. The maximum atomic E-state index is 12.2. The largest absolute Gasteiger partial charge is 1.00 e. The number of aliphatic hydroxyl groups is 2. The molecule has 1 heterocycles. The molecule has 1 rings (SSSR count). The van der Waals surface area contributed by atoms with E-state index in [0.29, 0.717) is 6.42 Å².